The lowest BCUT2D eigenvalue weighted by Crippen LogP contribution is -2.13. The molecule has 116 valence electrons. The molecule has 1 aliphatic rings. The van der Waals surface area contributed by atoms with Gasteiger partial charge in [0.25, 0.3) is 5.69 Å². The molecule has 0 saturated heterocycles. The van der Waals surface area contributed by atoms with Crippen molar-refractivity contribution in [1.82, 2.24) is 0 Å². The van der Waals surface area contributed by atoms with Gasteiger partial charge in [0, 0.05) is 22.8 Å². The minimum Gasteiger partial charge on any atom is -0.508 e. The maximum absolute atomic E-state index is 12.5. The molecule has 0 aromatic heterocycles. The number of nitro benzene ring substituents is 1. The molecule has 23 heavy (non-hydrogen) atoms. The third-order valence-corrected chi connectivity index (χ3v) is 4.06. The van der Waals surface area contributed by atoms with Crippen molar-refractivity contribution in [2.75, 3.05) is 0 Å². The fraction of sp³-hybridized carbons (Fsp3) is 0.167. The van der Waals surface area contributed by atoms with E-state index >= 15 is 0 Å². The Morgan fingerprint density at radius 3 is 2.70 bits per heavy atom. The minimum atomic E-state index is -0.419. The zero-order valence-electron chi connectivity index (χ0n) is 12.6. The van der Waals surface area contributed by atoms with E-state index in [0.717, 1.165) is 5.56 Å². The maximum atomic E-state index is 12.5. The third-order valence-electron chi connectivity index (χ3n) is 4.06. The van der Waals surface area contributed by atoms with Gasteiger partial charge in [-0.25, -0.2) is 0 Å². The van der Waals surface area contributed by atoms with Gasteiger partial charge in [0.2, 0.25) is 0 Å². The molecule has 0 radical (unpaired) electrons. The number of nitrogens with zero attached hydrogens (tertiary/aromatic N) is 1. The Hall–Kier alpha value is -2.95. The molecule has 0 amide bonds. The largest absolute Gasteiger partial charge is 0.508 e. The first-order valence-electron chi connectivity index (χ1n) is 7.28. The van der Waals surface area contributed by atoms with Crippen LogP contribution in [0.25, 0.3) is 6.08 Å². The second-order valence-corrected chi connectivity index (χ2v) is 5.64. The van der Waals surface area contributed by atoms with E-state index in [1.54, 1.807) is 37.3 Å². The predicted octanol–water partition coefficient (Wildman–Crippen LogP) is 3.82. The van der Waals surface area contributed by atoms with Gasteiger partial charge in [0.1, 0.15) is 5.75 Å². The van der Waals surface area contributed by atoms with Crippen LogP contribution in [0.1, 0.15) is 33.5 Å². The van der Waals surface area contributed by atoms with Gasteiger partial charge in [0.15, 0.2) is 5.78 Å². The number of allylic oxidation sites excluding steroid dienone is 1. The molecule has 5 nitrogen and oxygen atoms in total. The molecule has 2 aromatic rings. The second kappa shape index (κ2) is 5.68. The number of hydrogen-bond donors (Lipinski definition) is 1. The summed E-state index contributed by atoms with van der Waals surface area (Å²) in [6.45, 7) is 1.68. The normalized spacial score (nSPS) is 15.5. The van der Waals surface area contributed by atoms with Crippen LogP contribution in [-0.4, -0.2) is 15.8 Å². The smallest absolute Gasteiger partial charge is 0.272 e. The molecule has 0 bridgehead atoms. The molecule has 0 atom stereocenters. The summed E-state index contributed by atoms with van der Waals surface area (Å²) in [5.74, 6) is 0.0626. The first kappa shape index (κ1) is 15.0. The van der Waals surface area contributed by atoms with Gasteiger partial charge in [-0.05, 0) is 55.2 Å². The van der Waals surface area contributed by atoms with E-state index in [-0.39, 0.29) is 17.2 Å². The topological polar surface area (TPSA) is 80.4 Å². The zero-order chi connectivity index (χ0) is 16.6. The van der Waals surface area contributed by atoms with E-state index in [9.17, 15) is 20.0 Å². The van der Waals surface area contributed by atoms with Gasteiger partial charge in [-0.3, -0.25) is 14.9 Å². The van der Waals surface area contributed by atoms with Gasteiger partial charge in [0.05, 0.1) is 4.92 Å². The molecule has 0 heterocycles. The highest BCUT2D eigenvalue weighted by Gasteiger charge is 2.22. The van der Waals surface area contributed by atoms with Crippen LogP contribution in [0.2, 0.25) is 0 Å². The molecule has 2 aromatic carbocycles. The quantitative estimate of drug-likeness (QED) is 0.519. The number of ketones is 1. The Morgan fingerprint density at radius 1 is 1.17 bits per heavy atom. The minimum absolute atomic E-state index is 0.0490. The lowest BCUT2D eigenvalue weighted by Gasteiger charge is -2.17. The SMILES string of the molecule is Cc1ccc(C=C2CCc3cc(O)ccc3C2=O)cc1[N+](=O)[O-]. The average molecular weight is 309 g/mol. The van der Waals surface area contributed by atoms with Crippen LogP contribution in [-0.2, 0) is 6.42 Å². The van der Waals surface area contributed by atoms with Crippen molar-refractivity contribution >= 4 is 17.5 Å². The Morgan fingerprint density at radius 2 is 1.96 bits per heavy atom. The van der Waals surface area contributed by atoms with Crippen LogP contribution < -0.4 is 0 Å². The second-order valence-electron chi connectivity index (χ2n) is 5.64. The van der Waals surface area contributed by atoms with Crippen LogP contribution >= 0.6 is 0 Å². The van der Waals surface area contributed by atoms with E-state index in [2.05, 4.69) is 0 Å². The number of aromatic hydroxyl groups is 1. The molecule has 0 saturated carbocycles. The Bertz CT molecular complexity index is 852. The van der Waals surface area contributed by atoms with Gasteiger partial charge < -0.3 is 5.11 Å². The summed E-state index contributed by atoms with van der Waals surface area (Å²) in [6, 6.07) is 9.68. The van der Waals surface area contributed by atoms with E-state index in [4.69, 9.17) is 0 Å². The average Bonchev–Trinajstić information content (AvgIpc) is 2.51. The van der Waals surface area contributed by atoms with Crippen molar-refractivity contribution in [3.05, 3.63) is 74.3 Å². The first-order valence-corrected chi connectivity index (χ1v) is 7.28. The molecule has 5 heteroatoms. The fourth-order valence-corrected chi connectivity index (χ4v) is 2.82. The number of phenolic OH excluding ortho intramolecular Hbond substituents is 1. The highest BCUT2D eigenvalue weighted by Crippen LogP contribution is 2.30. The van der Waals surface area contributed by atoms with E-state index < -0.39 is 4.92 Å². The van der Waals surface area contributed by atoms with Crippen molar-refractivity contribution in [3.63, 3.8) is 0 Å². The fourth-order valence-electron chi connectivity index (χ4n) is 2.82. The molecule has 3 rings (SSSR count). The van der Waals surface area contributed by atoms with Gasteiger partial charge in [-0.15, -0.1) is 0 Å². The lowest BCUT2D eigenvalue weighted by molar-refractivity contribution is -0.385. The van der Waals surface area contributed by atoms with Crippen LogP contribution in [0.3, 0.4) is 0 Å². The highest BCUT2D eigenvalue weighted by molar-refractivity contribution is 6.13. The molecular formula is C18H15NO4. The number of nitro groups is 1. The van der Waals surface area contributed by atoms with Crippen molar-refractivity contribution in [2.24, 2.45) is 0 Å². The van der Waals surface area contributed by atoms with E-state index in [1.165, 1.54) is 12.1 Å². The van der Waals surface area contributed by atoms with Crippen molar-refractivity contribution in [3.8, 4) is 5.75 Å². The van der Waals surface area contributed by atoms with Gasteiger partial charge in [-0.1, -0.05) is 12.1 Å². The molecular weight excluding hydrogens is 294 g/mol. The number of aryl methyl sites for hydroxylation is 2. The van der Waals surface area contributed by atoms with Crippen LogP contribution in [0.4, 0.5) is 5.69 Å². The van der Waals surface area contributed by atoms with Crippen molar-refractivity contribution in [1.29, 1.82) is 0 Å². The van der Waals surface area contributed by atoms with Crippen LogP contribution in [0, 0.1) is 17.0 Å². The van der Waals surface area contributed by atoms with Gasteiger partial charge in [-0.2, -0.15) is 0 Å². The third kappa shape index (κ3) is 2.85. The maximum Gasteiger partial charge on any atom is 0.272 e. The molecule has 0 aliphatic heterocycles. The number of rotatable bonds is 2. The van der Waals surface area contributed by atoms with E-state index in [1.807, 2.05) is 0 Å². The number of fused-ring (bicyclic) bond motifs is 1. The number of benzene rings is 2. The summed E-state index contributed by atoms with van der Waals surface area (Å²) < 4.78 is 0. The highest BCUT2D eigenvalue weighted by atomic mass is 16.6. The summed E-state index contributed by atoms with van der Waals surface area (Å²) in [4.78, 5) is 23.1. The van der Waals surface area contributed by atoms with Crippen molar-refractivity contribution in [2.45, 2.75) is 19.8 Å². The lowest BCUT2D eigenvalue weighted by atomic mass is 9.86. The number of carbonyl (C=O) groups is 1. The summed E-state index contributed by atoms with van der Waals surface area (Å²) >= 11 is 0. The number of phenols is 1. The van der Waals surface area contributed by atoms with Crippen LogP contribution in [0.15, 0.2) is 42.0 Å². The standard InChI is InChI=1S/C18H15NO4/c1-11-2-3-12(9-17(11)19(22)23)8-14-5-4-13-10-15(20)6-7-16(13)18(14)21/h2-3,6-10,20H,4-5H2,1H3. The first-order chi connectivity index (χ1) is 11.0. The Balaban J connectivity index is 1.98. The summed E-state index contributed by atoms with van der Waals surface area (Å²) in [5, 5.41) is 20.5. The molecule has 0 unspecified atom stereocenters. The summed E-state index contributed by atoms with van der Waals surface area (Å²) in [7, 11) is 0. The Kier molecular flexibility index (Phi) is 3.70. The van der Waals surface area contributed by atoms with E-state index in [0.29, 0.717) is 35.1 Å². The van der Waals surface area contributed by atoms with Gasteiger partial charge >= 0.3 is 0 Å². The molecule has 1 N–H and O–H groups in total. The summed E-state index contributed by atoms with van der Waals surface area (Å²) in [5.41, 5.74) is 3.33. The molecule has 1 aliphatic carbocycles. The summed E-state index contributed by atoms with van der Waals surface area (Å²) in [6.07, 6.45) is 2.93. The zero-order valence-corrected chi connectivity index (χ0v) is 12.6. The Labute approximate surface area is 133 Å². The van der Waals surface area contributed by atoms with Crippen molar-refractivity contribution < 1.29 is 14.8 Å². The number of Topliss-reactive ketones (excluding diaryl/α,β-unsaturated/α-hetero) is 1. The predicted molar refractivity (Wildman–Crippen MR) is 86.6 cm³/mol. The monoisotopic (exact) mass is 309 g/mol. The molecule has 0 fully saturated rings. The van der Waals surface area contributed by atoms with Crippen LogP contribution in [0.5, 0.6) is 5.75 Å². The molecule has 0 spiro atoms. The number of hydrogen-bond acceptors (Lipinski definition) is 4. The number of carbonyl (C=O) groups excluding carboxylic acids is 1.